The average molecular weight is 401 g/mol. The van der Waals surface area contributed by atoms with E-state index in [0.29, 0.717) is 10.9 Å². The van der Waals surface area contributed by atoms with Crippen molar-refractivity contribution < 1.29 is 4.74 Å². The van der Waals surface area contributed by atoms with Crippen molar-refractivity contribution in [1.82, 2.24) is 14.9 Å². The van der Waals surface area contributed by atoms with Crippen LogP contribution >= 0.6 is 23.4 Å². The normalized spacial score (nSPS) is 11.2. The van der Waals surface area contributed by atoms with E-state index in [0.717, 1.165) is 41.3 Å². The van der Waals surface area contributed by atoms with Gasteiger partial charge in [-0.2, -0.15) is 9.78 Å². The Morgan fingerprint density at radius 3 is 2.78 bits per heavy atom. The molecule has 2 aromatic carbocycles. The van der Waals surface area contributed by atoms with Crippen LogP contribution in [-0.4, -0.2) is 27.7 Å². The Kier molecular flexibility index (Phi) is 7.30. The Morgan fingerprint density at radius 2 is 2.00 bits per heavy atom. The van der Waals surface area contributed by atoms with Crippen molar-refractivity contribution in [3.8, 4) is 5.75 Å². The van der Waals surface area contributed by atoms with E-state index in [1.165, 1.54) is 0 Å². The fraction of sp³-hybridized carbons (Fsp3) is 0.250. The minimum absolute atomic E-state index is 0.706. The average Bonchev–Trinajstić information content (AvgIpc) is 3.14. The van der Waals surface area contributed by atoms with Crippen LogP contribution in [0.3, 0.4) is 0 Å². The molecule has 1 aromatic heterocycles. The second-order valence-corrected chi connectivity index (χ2v) is 7.20. The van der Waals surface area contributed by atoms with Gasteiger partial charge in [0.1, 0.15) is 12.1 Å². The summed E-state index contributed by atoms with van der Waals surface area (Å²) < 4.78 is 7.33. The lowest BCUT2D eigenvalue weighted by molar-refractivity contribution is 0.309. The number of hydrogen-bond acceptors (Lipinski definition) is 5. The largest absolute Gasteiger partial charge is 0.494 e. The molecule has 0 bridgehead atoms. The van der Waals surface area contributed by atoms with Crippen LogP contribution in [0, 0.1) is 0 Å². The summed E-state index contributed by atoms with van der Waals surface area (Å²) in [6.45, 7) is 2.89. The molecule has 0 amide bonds. The summed E-state index contributed by atoms with van der Waals surface area (Å²) in [5.74, 6) is 1.58. The summed E-state index contributed by atoms with van der Waals surface area (Å²) in [6.07, 6.45) is 5.55. The van der Waals surface area contributed by atoms with Crippen LogP contribution in [0.2, 0.25) is 5.02 Å². The zero-order valence-corrected chi connectivity index (χ0v) is 16.7. The van der Waals surface area contributed by atoms with Crippen molar-refractivity contribution in [2.45, 2.75) is 30.7 Å². The number of benzene rings is 2. The molecule has 0 spiro atoms. The predicted octanol–water partition coefficient (Wildman–Crippen LogP) is 5.28. The minimum Gasteiger partial charge on any atom is -0.494 e. The second-order valence-electron chi connectivity index (χ2n) is 5.85. The molecule has 3 aromatic rings. The maximum absolute atomic E-state index is 6.20. The molecule has 0 atom stereocenters. The molecule has 0 fully saturated rings. The van der Waals surface area contributed by atoms with Crippen molar-refractivity contribution in [2.24, 2.45) is 5.10 Å². The van der Waals surface area contributed by atoms with E-state index < -0.39 is 0 Å². The van der Waals surface area contributed by atoms with Crippen molar-refractivity contribution in [1.29, 1.82) is 0 Å². The first kappa shape index (κ1) is 19.5. The molecule has 7 heteroatoms. The van der Waals surface area contributed by atoms with Crippen molar-refractivity contribution in [2.75, 3.05) is 6.61 Å². The standard InChI is InChI=1S/C20H21ClN4OS/c1-2-3-12-26-18-10-8-16(9-11-18)13-23-25-15-22-24-20(25)27-14-17-6-4-5-7-19(17)21/h4-11,13,15H,2-3,12,14H2,1H3/b23-13-. The fourth-order valence-corrected chi connectivity index (χ4v) is 3.41. The van der Waals surface area contributed by atoms with Crippen LogP contribution < -0.4 is 4.74 Å². The van der Waals surface area contributed by atoms with Crippen LogP contribution in [0.25, 0.3) is 0 Å². The van der Waals surface area contributed by atoms with Crippen LogP contribution in [0.1, 0.15) is 30.9 Å². The van der Waals surface area contributed by atoms with Gasteiger partial charge in [-0.1, -0.05) is 54.9 Å². The quantitative estimate of drug-likeness (QED) is 0.278. The summed E-state index contributed by atoms with van der Waals surface area (Å²) in [7, 11) is 0. The van der Waals surface area contributed by atoms with E-state index in [1.54, 1.807) is 29.0 Å². The van der Waals surface area contributed by atoms with E-state index in [4.69, 9.17) is 16.3 Å². The predicted molar refractivity (Wildman–Crippen MR) is 111 cm³/mol. The van der Waals surface area contributed by atoms with Gasteiger partial charge in [-0.25, -0.2) is 0 Å². The Hall–Kier alpha value is -2.31. The van der Waals surface area contributed by atoms with Crippen molar-refractivity contribution >= 4 is 29.6 Å². The second kappa shape index (κ2) is 10.1. The van der Waals surface area contributed by atoms with Crippen LogP contribution in [0.15, 0.2) is 65.1 Å². The molecule has 27 heavy (non-hydrogen) atoms. The van der Waals surface area contributed by atoms with E-state index in [-0.39, 0.29) is 0 Å². The van der Waals surface area contributed by atoms with E-state index in [9.17, 15) is 0 Å². The van der Waals surface area contributed by atoms with E-state index in [2.05, 4.69) is 22.2 Å². The number of rotatable bonds is 9. The third-order valence-corrected chi connectivity index (χ3v) is 5.14. The van der Waals surface area contributed by atoms with Crippen LogP contribution in [-0.2, 0) is 5.75 Å². The summed E-state index contributed by atoms with van der Waals surface area (Å²) in [5.41, 5.74) is 2.04. The summed E-state index contributed by atoms with van der Waals surface area (Å²) >= 11 is 7.74. The van der Waals surface area contributed by atoms with Crippen LogP contribution in [0.4, 0.5) is 0 Å². The van der Waals surface area contributed by atoms with Gasteiger partial charge in [-0.15, -0.1) is 10.2 Å². The lowest BCUT2D eigenvalue weighted by Gasteiger charge is -2.05. The van der Waals surface area contributed by atoms with Gasteiger partial charge < -0.3 is 4.74 Å². The molecule has 0 saturated heterocycles. The maximum Gasteiger partial charge on any atom is 0.212 e. The zero-order valence-electron chi connectivity index (χ0n) is 15.1. The molecule has 0 radical (unpaired) electrons. The highest BCUT2D eigenvalue weighted by Gasteiger charge is 2.06. The third kappa shape index (κ3) is 5.84. The maximum atomic E-state index is 6.20. The lowest BCUT2D eigenvalue weighted by atomic mass is 10.2. The number of aromatic nitrogens is 3. The molecular formula is C20H21ClN4OS. The molecule has 140 valence electrons. The molecule has 0 aliphatic rings. The van der Waals surface area contributed by atoms with Gasteiger partial charge in [0.15, 0.2) is 0 Å². The number of halogens is 1. The van der Waals surface area contributed by atoms with Gasteiger partial charge in [-0.3, -0.25) is 0 Å². The highest BCUT2D eigenvalue weighted by Crippen LogP contribution is 2.25. The molecule has 0 N–H and O–H groups in total. The van der Waals surface area contributed by atoms with Gasteiger partial charge in [-0.05, 0) is 47.9 Å². The highest BCUT2D eigenvalue weighted by molar-refractivity contribution is 7.98. The first-order valence-corrected chi connectivity index (χ1v) is 10.2. The SMILES string of the molecule is CCCCOc1ccc(/C=N\n2cnnc2SCc2ccccc2Cl)cc1. The fourth-order valence-electron chi connectivity index (χ4n) is 2.26. The molecule has 0 aliphatic carbocycles. The monoisotopic (exact) mass is 400 g/mol. The van der Waals surface area contributed by atoms with Gasteiger partial charge in [0.25, 0.3) is 0 Å². The Balaban J connectivity index is 1.59. The molecule has 1 heterocycles. The molecule has 0 saturated carbocycles. The Morgan fingerprint density at radius 1 is 1.19 bits per heavy atom. The van der Waals surface area contributed by atoms with Gasteiger partial charge in [0.2, 0.25) is 5.16 Å². The molecule has 0 aliphatic heterocycles. The van der Waals surface area contributed by atoms with E-state index >= 15 is 0 Å². The lowest BCUT2D eigenvalue weighted by Crippen LogP contribution is -1.96. The molecule has 3 rings (SSSR count). The summed E-state index contributed by atoms with van der Waals surface area (Å²) in [5, 5.41) is 14.0. The minimum atomic E-state index is 0.706. The topological polar surface area (TPSA) is 52.3 Å². The molecule has 5 nitrogen and oxygen atoms in total. The van der Waals surface area contributed by atoms with Gasteiger partial charge in [0.05, 0.1) is 12.8 Å². The molecule has 0 unspecified atom stereocenters. The van der Waals surface area contributed by atoms with Gasteiger partial charge >= 0.3 is 0 Å². The molecular weight excluding hydrogens is 380 g/mol. The summed E-state index contributed by atoms with van der Waals surface area (Å²) in [6, 6.07) is 15.6. The smallest absolute Gasteiger partial charge is 0.212 e. The Bertz CT molecular complexity index is 880. The number of ether oxygens (including phenoxy) is 1. The number of thioether (sulfide) groups is 1. The van der Waals surface area contributed by atoms with E-state index in [1.807, 2.05) is 48.5 Å². The number of hydrogen-bond donors (Lipinski definition) is 0. The first-order valence-electron chi connectivity index (χ1n) is 8.79. The van der Waals surface area contributed by atoms with Gasteiger partial charge in [0, 0.05) is 10.8 Å². The third-order valence-electron chi connectivity index (χ3n) is 3.79. The highest BCUT2D eigenvalue weighted by atomic mass is 35.5. The zero-order chi connectivity index (χ0) is 18.9. The first-order chi connectivity index (χ1) is 13.3. The summed E-state index contributed by atoms with van der Waals surface area (Å²) in [4.78, 5) is 0. The Labute approximate surface area is 168 Å². The van der Waals surface area contributed by atoms with Crippen molar-refractivity contribution in [3.05, 3.63) is 71.0 Å². The van der Waals surface area contributed by atoms with Crippen molar-refractivity contribution in [3.63, 3.8) is 0 Å². The number of nitrogens with zero attached hydrogens (tertiary/aromatic N) is 4. The van der Waals surface area contributed by atoms with Crippen LogP contribution in [0.5, 0.6) is 5.75 Å². The number of unbranched alkanes of at least 4 members (excludes halogenated alkanes) is 1.